The molecule has 0 saturated heterocycles. The van der Waals surface area contributed by atoms with Crippen LogP contribution < -0.4 is 10.6 Å². The highest BCUT2D eigenvalue weighted by Crippen LogP contribution is 2.19. The molecule has 0 atom stereocenters. The Labute approximate surface area is 144 Å². The minimum atomic E-state index is -0.383. The molecule has 0 aliphatic carbocycles. The first-order valence-electron chi connectivity index (χ1n) is 6.76. The molecule has 0 heterocycles. The van der Waals surface area contributed by atoms with Crippen molar-refractivity contribution in [3.8, 4) is 0 Å². The van der Waals surface area contributed by atoms with Gasteiger partial charge in [-0.05, 0) is 60.6 Å². The number of benzene rings is 2. The van der Waals surface area contributed by atoms with Crippen LogP contribution in [0.2, 0.25) is 5.02 Å². The van der Waals surface area contributed by atoms with E-state index in [0.29, 0.717) is 10.6 Å². The van der Waals surface area contributed by atoms with Gasteiger partial charge in [0.1, 0.15) is 5.82 Å². The van der Waals surface area contributed by atoms with Crippen LogP contribution in [0.3, 0.4) is 0 Å². The zero-order valence-corrected chi connectivity index (χ0v) is 13.8. The van der Waals surface area contributed by atoms with Gasteiger partial charge in [0.15, 0.2) is 5.11 Å². The maximum atomic E-state index is 12.8. The van der Waals surface area contributed by atoms with Crippen LogP contribution in [0.1, 0.15) is 11.1 Å². The van der Waals surface area contributed by atoms with Crippen molar-refractivity contribution >= 4 is 46.6 Å². The number of anilines is 1. The fourth-order valence-corrected chi connectivity index (χ4v) is 2.16. The summed E-state index contributed by atoms with van der Waals surface area (Å²) in [6.45, 7) is 1.90. The minimum absolute atomic E-state index is 0.170. The number of hydrogen-bond donors (Lipinski definition) is 2. The van der Waals surface area contributed by atoms with Crippen LogP contribution in [0.5, 0.6) is 0 Å². The second-order valence-electron chi connectivity index (χ2n) is 4.79. The van der Waals surface area contributed by atoms with Gasteiger partial charge >= 0.3 is 0 Å². The van der Waals surface area contributed by atoms with E-state index in [1.807, 2.05) is 13.0 Å². The van der Waals surface area contributed by atoms with Crippen molar-refractivity contribution in [3.63, 3.8) is 0 Å². The second kappa shape index (κ2) is 7.85. The number of halogens is 2. The van der Waals surface area contributed by atoms with Crippen molar-refractivity contribution in [2.24, 2.45) is 0 Å². The lowest BCUT2D eigenvalue weighted by Gasteiger charge is -2.11. The van der Waals surface area contributed by atoms with Gasteiger partial charge in [0.05, 0.1) is 0 Å². The second-order valence-corrected chi connectivity index (χ2v) is 5.63. The Hall–Kier alpha value is -2.24. The van der Waals surface area contributed by atoms with E-state index >= 15 is 0 Å². The van der Waals surface area contributed by atoms with Gasteiger partial charge in [0, 0.05) is 16.8 Å². The molecule has 3 nitrogen and oxygen atoms in total. The lowest BCUT2D eigenvalue weighted by atomic mass is 10.2. The van der Waals surface area contributed by atoms with E-state index in [1.165, 1.54) is 18.2 Å². The van der Waals surface area contributed by atoms with E-state index in [2.05, 4.69) is 10.6 Å². The Kier molecular flexibility index (Phi) is 5.84. The van der Waals surface area contributed by atoms with Crippen LogP contribution >= 0.6 is 23.8 Å². The SMILES string of the molecule is Cc1ccc(Cl)cc1NC(=S)NC(=O)/C=C/c1ccc(F)cc1. The van der Waals surface area contributed by atoms with Crippen molar-refractivity contribution < 1.29 is 9.18 Å². The highest BCUT2D eigenvalue weighted by molar-refractivity contribution is 7.80. The normalized spacial score (nSPS) is 10.6. The molecule has 6 heteroatoms. The highest BCUT2D eigenvalue weighted by atomic mass is 35.5. The van der Waals surface area contributed by atoms with Gasteiger partial charge in [-0.1, -0.05) is 29.8 Å². The van der Waals surface area contributed by atoms with Crippen LogP contribution in [-0.4, -0.2) is 11.0 Å². The molecule has 0 aliphatic heterocycles. The van der Waals surface area contributed by atoms with Crippen molar-refractivity contribution in [2.75, 3.05) is 5.32 Å². The molecule has 1 amide bonds. The van der Waals surface area contributed by atoms with Crippen molar-refractivity contribution in [1.82, 2.24) is 5.32 Å². The molecule has 2 aromatic rings. The van der Waals surface area contributed by atoms with E-state index in [4.69, 9.17) is 23.8 Å². The first-order chi connectivity index (χ1) is 10.9. The van der Waals surface area contributed by atoms with Crippen LogP contribution in [0.15, 0.2) is 48.5 Å². The minimum Gasteiger partial charge on any atom is -0.332 e. The molecule has 23 heavy (non-hydrogen) atoms. The summed E-state index contributed by atoms with van der Waals surface area (Å²) < 4.78 is 12.8. The van der Waals surface area contributed by atoms with Gasteiger partial charge in [-0.2, -0.15) is 0 Å². The Morgan fingerprint density at radius 1 is 1.22 bits per heavy atom. The first-order valence-corrected chi connectivity index (χ1v) is 7.54. The molecule has 2 aromatic carbocycles. The summed E-state index contributed by atoms with van der Waals surface area (Å²) in [6, 6.07) is 11.1. The Balaban J connectivity index is 1.93. The molecule has 0 fully saturated rings. The number of amides is 1. The maximum Gasteiger partial charge on any atom is 0.250 e. The number of carbonyl (C=O) groups is 1. The van der Waals surface area contributed by atoms with Gasteiger partial charge in [-0.3, -0.25) is 10.1 Å². The molecule has 2 rings (SSSR count). The highest BCUT2D eigenvalue weighted by Gasteiger charge is 2.04. The number of nitrogens with one attached hydrogen (secondary N) is 2. The van der Waals surface area contributed by atoms with E-state index in [0.717, 1.165) is 11.3 Å². The molecule has 118 valence electrons. The monoisotopic (exact) mass is 348 g/mol. The predicted molar refractivity (Wildman–Crippen MR) is 96.0 cm³/mol. The molecular formula is C17H14ClFN2OS. The Morgan fingerprint density at radius 3 is 2.61 bits per heavy atom. The van der Waals surface area contributed by atoms with Crippen molar-refractivity contribution in [2.45, 2.75) is 6.92 Å². The third kappa shape index (κ3) is 5.47. The summed E-state index contributed by atoms with van der Waals surface area (Å²) in [5.41, 5.74) is 2.39. The summed E-state index contributed by atoms with van der Waals surface area (Å²) in [4.78, 5) is 11.8. The molecule has 0 unspecified atom stereocenters. The standard InChI is InChI=1S/C17H14ClFN2OS/c1-11-2-6-13(18)10-15(11)20-17(23)21-16(22)9-5-12-3-7-14(19)8-4-12/h2-10H,1H3,(H2,20,21,22,23)/b9-5+. The smallest absolute Gasteiger partial charge is 0.250 e. The van der Waals surface area contributed by atoms with E-state index < -0.39 is 0 Å². The van der Waals surface area contributed by atoms with E-state index in [1.54, 1.807) is 30.3 Å². The van der Waals surface area contributed by atoms with Gasteiger partial charge < -0.3 is 5.32 Å². The Bertz CT molecular complexity index is 760. The number of aryl methyl sites for hydroxylation is 1. The number of thiocarbonyl (C=S) groups is 1. The predicted octanol–water partition coefficient (Wildman–Crippen LogP) is 4.31. The van der Waals surface area contributed by atoms with E-state index in [-0.39, 0.29) is 16.8 Å². The number of hydrogen-bond acceptors (Lipinski definition) is 2. The molecule has 0 bridgehead atoms. The molecule has 0 saturated carbocycles. The van der Waals surface area contributed by atoms with Crippen LogP contribution in [0.25, 0.3) is 6.08 Å². The van der Waals surface area contributed by atoms with Gasteiger partial charge in [-0.25, -0.2) is 4.39 Å². The van der Waals surface area contributed by atoms with Crippen LogP contribution in [-0.2, 0) is 4.79 Å². The van der Waals surface area contributed by atoms with Gasteiger partial charge in [0.25, 0.3) is 0 Å². The zero-order valence-electron chi connectivity index (χ0n) is 12.3. The summed E-state index contributed by atoms with van der Waals surface area (Å²) in [6.07, 6.45) is 2.90. The van der Waals surface area contributed by atoms with Gasteiger partial charge in [-0.15, -0.1) is 0 Å². The summed E-state index contributed by atoms with van der Waals surface area (Å²) in [5, 5.41) is 6.20. The fourth-order valence-electron chi connectivity index (χ4n) is 1.78. The fraction of sp³-hybridized carbons (Fsp3) is 0.0588. The lowest BCUT2D eigenvalue weighted by molar-refractivity contribution is -0.115. The quantitative estimate of drug-likeness (QED) is 0.641. The average Bonchev–Trinajstić information content (AvgIpc) is 2.50. The molecule has 2 N–H and O–H groups in total. The Morgan fingerprint density at radius 2 is 1.91 bits per heavy atom. The average molecular weight is 349 g/mol. The van der Waals surface area contributed by atoms with Crippen LogP contribution in [0, 0.1) is 12.7 Å². The molecule has 0 aliphatic rings. The molecule has 0 radical (unpaired) electrons. The largest absolute Gasteiger partial charge is 0.332 e. The first kappa shape index (κ1) is 17.1. The number of rotatable bonds is 3. The summed E-state index contributed by atoms with van der Waals surface area (Å²) in [5.74, 6) is -0.708. The van der Waals surface area contributed by atoms with E-state index in [9.17, 15) is 9.18 Å². The van der Waals surface area contributed by atoms with Crippen molar-refractivity contribution in [1.29, 1.82) is 0 Å². The summed E-state index contributed by atoms with van der Waals surface area (Å²) >= 11 is 11.0. The molecular weight excluding hydrogens is 335 g/mol. The molecule has 0 aromatic heterocycles. The lowest BCUT2D eigenvalue weighted by Crippen LogP contribution is -2.33. The maximum absolute atomic E-state index is 12.8. The third-order valence-electron chi connectivity index (χ3n) is 2.98. The van der Waals surface area contributed by atoms with Crippen LogP contribution in [0.4, 0.5) is 10.1 Å². The van der Waals surface area contributed by atoms with Gasteiger partial charge in [0.2, 0.25) is 5.91 Å². The summed E-state index contributed by atoms with van der Waals surface area (Å²) in [7, 11) is 0. The third-order valence-corrected chi connectivity index (χ3v) is 3.42. The number of carbonyl (C=O) groups excluding carboxylic acids is 1. The topological polar surface area (TPSA) is 41.1 Å². The molecule has 0 spiro atoms. The zero-order chi connectivity index (χ0) is 16.8. The van der Waals surface area contributed by atoms with Crippen molar-refractivity contribution in [3.05, 3.63) is 70.5 Å².